The summed E-state index contributed by atoms with van der Waals surface area (Å²) < 4.78 is 5.16. The third-order valence-corrected chi connectivity index (χ3v) is 3.88. The molecule has 1 heterocycles. The van der Waals surface area contributed by atoms with Gasteiger partial charge in [-0.05, 0) is 42.8 Å². The fourth-order valence-electron chi connectivity index (χ4n) is 2.48. The number of rotatable bonds is 2. The second-order valence-corrected chi connectivity index (χ2v) is 5.56. The van der Waals surface area contributed by atoms with E-state index >= 15 is 0 Å². The molecule has 21 heavy (non-hydrogen) atoms. The second-order valence-electron chi connectivity index (χ2n) is 5.12. The number of halogens is 1. The van der Waals surface area contributed by atoms with Crippen LogP contribution in [0.1, 0.15) is 22.8 Å². The molecular weight excluding hydrogens is 288 g/mol. The van der Waals surface area contributed by atoms with Crippen molar-refractivity contribution in [3.8, 4) is 5.75 Å². The summed E-state index contributed by atoms with van der Waals surface area (Å²) in [6, 6.07) is 12.7. The summed E-state index contributed by atoms with van der Waals surface area (Å²) in [5.74, 6) is 0.645. The van der Waals surface area contributed by atoms with Crippen LogP contribution in [0.15, 0.2) is 42.5 Å². The summed E-state index contributed by atoms with van der Waals surface area (Å²) in [5.41, 5.74) is 1.55. The van der Waals surface area contributed by atoms with E-state index in [0.29, 0.717) is 10.6 Å². The van der Waals surface area contributed by atoms with Gasteiger partial charge in [0.1, 0.15) is 11.4 Å². The predicted molar refractivity (Wildman–Crippen MR) is 82.9 cm³/mol. The summed E-state index contributed by atoms with van der Waals surface area (Å²) in [6.45, 7) is 1.91. The Morgan fingerprint density at radius 3 is 2.48 bits per heavy atom. The Morgan fingerprint density at radius 1 is 1.10 bits per heavy atom. The molecular formula is C16H15ClN2O2. The number of benzene rings is 2. The van der Waals surface area contributed by atoms with E-state index in [0.717, 1.165) is 17.0 Å². The van der Waals surface area contributed by atoms with E-state index in [1.54, 1.807) is 25.3 Å². The molecule has 3 rings (SSSR count). The first kappa shape index (κ1) is 13.8. The van der Waals surface area contributed by atoms with Gasteiger partial charge in [-0.15, -0.1) is 0 Å². The van der Waals surface area contributed by atoms with Crippen molar-refractivity contribution in [3.63, 3.8) is 0 Å². The molecule has 1 aliphatic rings. The summed E-state index contributed by atoms with van der Waals surface area (Å²) in [4.78, 5) is 12.3. The molecule has 1 aliphatic heterocycles. The molecule has 2 aromatic carbocycles. The molecule has 108 valence electrons. The van der Waals surface area contributed by atoms with Gasteiger partial charge in [0.15, 0.2) is 0 Å². The lowest BCUT2D eigenvalue weighted by atomic mass is 9.96. The van der Waals surface area contributed by atoms with Crippen molar-refractivity contribution >= 4 is 23.2 Å². The minimum Gasteiger partial charge on any atom is -0.497 e. The van der Waals surface area contributed by atoms with Crippen molar-refractivity contribution in [3.05, 3.63) is 58.6 Å². The van der Waals surface area contributed by atoms with Crippen LogP contribution in [0.3, 0.4) is 0 Å². The number of hydrogen-bond acceptors (Lipinski definition) is 3. The second kappa shape index (κ2) is 4.97. The highest BCUT2D eigenvalue weighted by Gasteiger charge is 2.34. The lowest BCUT2D eigenvalue weighted by Crippen LogP contribution is -2.52. The lowest BCUT2D eigenvalue weighted by Gasteiger charge is -2.38. The summed E-state index contributed by atoms with van der Waals surface area (Å²) >= 11 is 6.01. The van der Waals surface area contributed by atoms with Gasteiger partial charge in [0, 0.05) is 5.02 Å². The molecule has 0 saturated heterocycles. The molecule has 1 unspecified atom stereocenters. The van der Waals surface area contributed by atoms with E-state index in [1.807, 2.05) is 31.2 Å². The SMILES string of the molecule is COc1ccc(C2(C)NC(=O)c3ccc(Cl)cc3N2)cc1. The first-order valence-corrected chi connectivity index (χ1v) is 6.94. The highest BCUT2D eigenvalue weighted by molar-refractivity contribution is 6.31. The number of amides is 1. The molecule has 5 heteroatoms. The first-order chi connectivity index (χ1) is 10.0. The molecule has 4 nitrogen and oxygen atoms in total. The highest BCUT2D eigenvalue weighted by Crippen LogP contribution is 2.33. The van der Waals surface area contributed by atoms with Crippen LogP contribution in [-0.2, 0) is 5.66 Å². The van der Waals surface area contributed by atoms with Gasteiger partial charge < -0.3 is 15.4 Å². The molecule has 0 bridgehead atoms. The van der Waals surface area contributed by atoms with Crippen molar-refractivity contribution in [2.75, 3.05) is 12.4 Å². The minimum absolute atomic E-state index is 0.126. The number of fused-ring (bicyclic) bond motifs is 1. The molecule has 0 fully saturated rings. The number of methoxy groups -OCH3 is 1. The predicted octanol–water partition coefficient (Wildman–Crippen LogP) is 3.38. The number of nitrogens with one attached hydrogen (secondary N) is 2. The molecule has 1 atom stereocenters. The van der Waals surface area contributed by atoms with Crippen molar-refractivity contribution in [1.29, 1.82) is 0 Å². The molecule has 1 amide bonds. The Labute approximate surface area is 128 Å². The average molecular weight is 303 g/mol. The molecule has 0 aliphatic carbocycles. The fraction of sp³-hybridized carbons (Fsp3) is 0.188. The quantitative estimate of drug-likeness (QED) is 0.894. The average Bonchev–Trinajstić information content (AvgIpc) is 2.46. The van der Waals surface area contributed by atoms with Crippen molar-refractivity contribution in [2.24, 2.45) is 0 Å². The van der Waals surface area contributed by atoms with Crippen LogP contribution in [0, 0.1) is 0 Å². The fourth-order valence-corrected chi connectivity index (χ4v) is 2.65. The maximum absolute atomic E-state index is 12.3. The van der Waals surface area contributed by atoms with E-state index in [2.05, 4.69) is 10.6 Å². The third kappa shape index (κ3) is 2.43. The van der Waals surface area contributed by atoms with E-state index in [4.69, 9.17) is 16.3 Å². The van der Waals surface area contributed by atoms with Gasteiger partial charge in [0.05, 0.1) is 18.4 Å². The van der Waals surface area contributed by atoms with Crippen LogP contribution >= 0.6 is 11.6 Å². The van der Waals surface area contributed by atoms with Crippen LogP contribution in [-0.4, -0.2) is 13.0 Å². The lowest BCUT2D eigenvalue weighted by molar-refractivity contribution is 0.0906. The molecule has 0 aromatic heterocycles. The summed E-state index contributed by atoms with van der Waals surface area (Å²) in [6.07, 6.45) is 0. The maximum atomic E-state index is 12.3. The van der Waals surface area contributed by atoms with E-state index in [1.165, 1.54) is 0 Å². The van der Waals surface area contributed by atoms with Gasteiger partial charge in [-0.3, -0.25) is 4.79 Å². The molecule has 0 spiro atoms. The molecule has 2 aromatic rings. The zero-order valence-corrected chi connectivity index (χ0v) is 12.5. The van der Waals surface area contributed by atoms with Gasteiger partial charge in [-0.2, -0.15) is 0 Å². The van der Waals surface area contributed by atoms with Gasteiger partial charge in [-0.25, -0.2) is 0 Å². The van der Waals surface area contributed by atoms with Crippen LogP contribution < -0.4 is 15.4 Å². The minimum atomic E-state index is -0.693. The number of carbonyl (C=O) groups is 1. The van der Waals surface area contributed by atoms with Gasteiger partial charge >= 0.3 is 0 Å². The van der Waals surface area contributed by atoms with Crippen LogP contribution in [0.5, 0.6) is 5.75 Å². The third-order valence-electron chi connectivity index (χ3n) is 3.64. The van der Waals surface area contributed by atoms with Crippen molar-refractivity contribution < 1.29 is 9.53 Å². The zero-order valence-electron chi connectivity index (χ0n) is 11.7. The molecule has 2 N–H and O–H groups in total. The number of carbonyl (C=O) groups excluding carboxylic acids is 1. The largest absolute Gasteiger partial charge is 0.497 e. The maximum Gasteiger partial charge on any atom is 0.255 e. The molecule has 0 radical (unpaired) electrons. The molecule has 0 saturated carbocycles. The van der Waals surface area contributed by atoms with Gasteiger partial charge in [0.25, 0.3) is 5.91 Å². The summed E-state index contributed by atoms with van der Waals surface area (Å²) in [5, 5.41) is 6.92. The number of hydrogen-bond donors (Lipinski definition) is 2. The van der Waals surface area contributed by atoms with Crippen molar-refractivity contribution in [1.82, 2.24) is 5.32 Å². The monoisotopic (exact) mass is 302 g/mol. The van der Waals surface area contributed by atoms with Crippen molar-refractivity contribution in [2.45, 2.75) is 12.6 Å². The number of ether oxygens (including phenoxy) is 1. The van der Waals surface area contributed by atoms with Gasteiger partial charge in [-0.1, -0.05) is 23.7 Å². The van der Waals surface area contributed by atoms with Crippen LogP contribution in [0.2, 0.25) is 5.02 Å². The van der Waals surface area contributed by atoms with Crippen LogP contribution in [0.25, 0.3) is 0 Å². The highest BCUT2D eigenvalue weighted by atomic mass is 35.5. The standard InChI is InChI=1S/C16H15ClN2O2/c1-16(10-3-6-12(21-2)7-4-10)18-14-9-11(17)5-8-13(14)15(20)19-16/h3-9,18H,1-2H3,(H,19,20). The zero-order chi connectivity index (χ0) is 15.0. The van der Waals surface area contributed by atoms with E-state index in [-0.39, 0.29) is 5.91 Å². The normalized spacial score (nSPS) is 20.2. The van der Waals surface area contributed by atoms with E-state index < -0.39 is 5.66 Å². The topological polar surface area (TPSA) is 50.4 Å². The Hall–Kier alpha value is -2.20. The number of anilines is 1. The Bertz CT molecular complexity index is 700. The Balaban J connectivity index is 2.00. The first-order valence-electron chi connectivity index (χ1n) is 6.56. The Kier molecular flexibility index (Phi) is 3.26. The summed E-state index contributed by atoms with van der Waals surface area (Å²) in [7, 11) is 1.62. The smallest absolute Gasteiger partial charge is 0.255 e. The van der Waals surface area contributed by atoms with Crippen LogP contribution in [0.4, 0.5) is 5.69 Å². The van der Waals surface area contributed by atoms with Gasteiger partial charge in [0.2, 0.25) is 0 Å². The Morgan fingerprint density at radius 2 is 1.81 bits per heavy atom. The van der Waals surface area contributed by atoms with E-state index in [9.17, 15) is 4.79 Å².